The Morgan fingerprint density at radius 1 is 1.31 bits per heavy atom. The fourth-order valence-electron chi connectivity index (χ4n) is 2.15. The Morgan fingerprint density at radius 3 is 2.62 bits per heavy atom. The summed E-state index contributed by atoms with van der Waals surface area (Å²) in [6.45, 7) is 8.71. The number of rotatable bonds is 2. The van der Waals surface area contributed by atoms with Crippen molar-refractivity contribution in [1.82, 2.24) is 10.2 Å². The highest BCUT2D eigenvalue weighted by molar-refractivity contribution is 6.31. The third-order valence-corrected chi connectivity index (χ3v) is 3.78. The molecule has 0 saturated carbocycles. The molecule has 0 aromatic heterocycles. The second-order valence-corrected chi connectivity index (χ2v) is 4.88. The smallest absolute Gasteiger partial charge is 0.0438 e. The molecule has 2 rings (SSSR count). The number of piperazine rings is 1. The van der Waals surface area contributed by atoms with Crippen molar-refractivity contribution >= 4 is 11.6 Å². The molecule has 16 heavy (non-hydrogen) atoms. The lowest BCUT2D eigenvalue weighted by molar-refractivity contribution is 0.185. The van der Waals surface area contributed by atoms with Crippen LogP contribution in [0.5, 0.6) is 0 Å². The quantitative estimate of drug-likeness (QED) is 0.852. The monoisotopic (exact) mass is 238 g/mol. The summed E-state index contributed by atoms with van der Waals surface area (Å²) < 4.78 is 0. The maximum Gasteiger partial charge on any atom is 0.0438 e. The molecule has 1 atom stereocenters. The molecule has 1 aromatic carbocycles. The van der Waals surface area contributed by atoms with Gasteiger partial charge < -0.3 is 5.32 Å². The largest absolute Gasteiger partial charge is 0.314 e. The Kier molecular flexibility index (Phi) is 3.85. The summed E-state index contributed by atoms with van der Waals surface area (Å²) in [5, 5.41) is 4.25. The normalized spacial score (nSPS) is 19.7. The predicted molar refractivity (Wildman–Crippen MR) is 69.0 cm³/mol. The number of benzene rings is 1. The zero-order valence-electron chi connectivity index (χ0n) is 9.96. The SMILES string of the molecule is Cc1ccc([C@@H](C)N2CCNCC2)cc1Cl. The zero-order chi connectivity index (χ0) is 11.5. The first-order valence-corrected chi connectivity index (χ1v) is 6.27. The lowest BCUT2D eigenvalue weighted by Gasteiger charge is -2.33. The van der Waals surface area contributed by atoms with Crippen LogP contribution in [0.15, 0.2) is 18.2 Å². The third-order valence-electron chi connectivity index (χ3n) is 3.38. The van der Waals surface area contributed by atoms with Crippen LogP contribution in [0.3, 0.4) is 0 Å². The lowest BCUT2D eigenvalue weighted by atomic mass is 10.0. The molecule has 1 fully saturated rings. The van der Waals surface area contributed by atoms with Crippen molar-refractivity contribution in [3.8, 4) is 0 Å². The first kappa shape index (κ1) is 11.9. The van der Waals surface area contributed by atoms with Crippen LogP contribution in [-0.2, 0) is 0 Å². The molecule has 2 nitrogen and oxygen atoms in total. The van der Waals surface area contributed by atoms with E-state index in [4.69, 9.17) is 11.6 Å². The molecule has 88 valence electrons. The van der Waals surface area contributed by atoms with Crippen molar-refractivity contribution in [2.75, 3.05) is 26.2 Å². The Hall–Kier alpha value is -0.570. The molecular formula is C13H19ClN2. The van der Waals surface area contributed by atoms with Gasteiger partial charge in [0.15, 0.2) is 0 Å². The Bertz CT molecular complexity index is 359. The molecule has 0 bridgehead atoms. The standard InChI is InChI=1S/C13H19ClN2/c1-10-3-4-12(9-13(10)14)11(2)16-7-5-15-6-8-16/h3-4,9,11,15H,5-8H2,1-2H3/t11-/m1/s1. The maximum atomic E-state index is 6.17. The highest BCUT2D eigenvalue weighted by atomic mass is 35.5. The predicted octanol–water partition coefficient (Wildman–Crippen LogP) is 2.61. The molecule has 0 radical (unpaired) electrons. The summed E-state index contributed by atoms with van der Waals surface area (Å²) in [6.07, 6.45) is 0. The van der Waals surface area contributed by atoms with Crippen LogP contribution in [0.25, 0.3) is 0 Å². The number of aryl methyl sites for hydroxylation is 1. The van der Waals surface area contributed by atoms with Crippen LogP contribution < -0.4 is 5.32 Å². The first-order valence-electron chi connectivity index (χ1n) is 5.89. The molecule has 0 amide bonds. The van der Waals surface area contributed by atoms with Crippen molar-refractivity contribution < 1.29 is 0 Å². The minimum Gasteiger partial charge on any atom is -0.314 e. The summed E-state index contributed by atoms with van der Waals surface area (Å²) >= 11 is 6.17. The second kappa shape index (κ2) is 5.17. The van der Waals surface area contributed by atoms with Gasteiger partial charge in [-0.1, -0.05) is 23.7 Å². The molecule has 0 spiro atoms. The summed E-state index contributed by atoms with van der Waals surface area (Å²) in [4.78, 5) is 2.50. The van der Waals surface area contributed by atoms with E-state index < -0.39 is 0 Å². The van der Waals surface area contributed by atoms with Crippen molar-refractivity contribution in [2.24, 2.45) is 0 Å². The van der Waals surface area contributed by atoms with Crippen molar-refractivity contribution in [2.45, 2.75) is 19.9 Å². The second-order valence-electron chi connectivity index (χ2n) is 4.47. The molecule has 1 N–H and O–H groups in total. The van der Waals surface area contributed by atoms with Crippen LogP contribution >= 0.6 is 11.6 Å². The van der Waals surface area contributed by atoms with E-state index in [9.17, 15) is 0 Å². The number of nitrogens with zero attached hydrogens (tertiary/aromatic N) is 1. The first-order chi connectivity index (χ1) is 7.68. The minimum atomic E-state index is 0.459. The third kappa shape index (κ3) is 2.57. The van der Waals surface area contributed by atoms with Gasteiger partial charge in [-0.05, 0) is 31.0 Å². The van der Waals surface area contributed by atoms with Gasteiger partial charge >= 0.3 is 0 Å². The van der Waals surface area contributed by atoms with Gasteiger partial charge in [-0.15, -0.1) is 0 Å². The molecule has 0 aliphatic carbocycles. The molecule has 3 heteroatoms. The summed E-state index contributed by atoms with van der Waals surface area (Å²) in [6, 6.07) is 6.86. The van der Waals surface area contributed by atoms with Gasteiger partial charge in [0.05, 0.1) is 0 Å². The van der Waals surface area contributed by atoms with Crippen LogP contribution in [-0.4, -0.2) is 31.1 Å². The topological polar surface area (TPSA) is 15.3 Å². The zero-order valence-corrected chi connectivity index (χ0v) is 10.7. The average Bonchev–Trinajstić information content (AvgIpc) is 2.33. The van der Waals surface area contributed by atoms with E-state index in [1.165, 1.54) is 5.56 Å². The van der Waals surface area contributed by atoms with Gasteiger partial charge in [-0.2, -0.15) is 0 Å². The molecule has 1 aliphatic heterocycles. The molecule has 1 heterocycles. The van der Waals surface area contributed by atoms with E-state index in [1.807, 2.05) is 6.92 Å². The highest BCUT2D eigenvalue weighted by Crippen LogP contribution is 2.25. The van der Waals surface area contributed by atoms with E-state index >= 15 is 0 Å². The fourth-order valence-corrected chi connectivity index (χ4v) is 2.34. The summed E-state index contributed by atoms with van der Waals surface area (Å²) in [7, 11) is 0. The Labute approximate surface area is 103 Å². The maximum absolute atomic E-state index is 6.17. The number of nitrogens with one attached hydrogen (secondary N) is 1. The van der Waals surface area contributed by atoms with Crippen molar-refractivity contribution in [3.63, 3.8) is 0 Å². The van der Waals surface area contributed by atoms with Crippen molar-refractivity contribution in [3.05, 3.63) is 34.3 Å². The van der Waals surface area contributed by atoms with Gasteiger partial charge in [-0.3, -0.25) is 4.90 Å². The summed E-state index contributed by atoms with van der Waals surface area (Å²) in [5.41, 5.74) is 2.47. The lowest BCUT2D eigenvalue weighted by Crippen LogP contribution is -2.44. The van der Waals surface area contributed by atoms with Gasteiger partial charge in [0.2, 0.25) is 0 Å². The fraction of sp³-hybridized carbons (Fsp3) is 0.538. The molecule has 0 unspecified atom stereocenters. The minimum absolute atomic E-state index is 0.459. The highest BCUT2D eigenvalue weighted by Gasteiger charge is 2.18. The van der Waals surface area contributed by atoms with Gasteiger partial charge in [0, 0.05) is 37.2 Å². The average molecular weight is 239 g/mol. The van der Waals surface area contributed by atoms with Crippen LogP contribution in [0, 0.1) is 6.92 Å². The Balaban J connectivity index is 2.12. The number of hydrogen-bond donors (Lipinski definition) is 1. The van der Waals surface area contributed by atoms with Crippen LogP contribution in [0.1, 0.15) is 24.1 Å². The van der Waals surface area contributed by atoms with Gasteiger partial charge in [-0.25, -0.2) is 0 Å². The van der Waals surface area contributed by atoms with Gasteiger partial charge in [0.1, 0.15) is 0 Å². The van der Waals surface area contributed by atoms with E-state index in [1.54, 1.807) is 0 Å². The molecule has 1 aromatic rings. The number of hydrogen-bond acceptors (Lipinski definition) is 2. The van der Waals surface area contributed by atoms with Crippen LogP contribution in [0.4, 0.5) is 0 Å². The van der Waals surface area contributed by atoms with Crippen LogP contribution in [0.2, 0.25) is 5.02 Å². The van der Waals surface area contributed by atoms with Crippen molar-refractivity contribution in [1.29, 1.82) is 0 Å². The number of halogens is 1. The van der Waals surface area contributed by atoms with Gasteiger partial charge in [0.25, 0.3) is 0 Å². The summed E-state index contributed by atoms with van der Waals surface area (Å²) in [5.74, 6) is 0. The molecular weight excluding hydrogens is 220 g/mol. The van der Waals surface area contributed by atoms with E-state index in [0.29, 0.717) is 6.04 Å². The Morgan fingerprint density at radius 2 is 2.00 bits per heavy atom. The van der Waals surface area contributed by atoms with E-state index in [0.717, 1.165) is 36.8 Å². The molecule has 1 saturated heterocycles. The molecule has 1 aliphatic rings. The van der Waals surface area contributed by atoms with E-state index in [-0.39, 0.29) is 0 Å². The van der Waals surface area contributed by atoms with E-state index in [2.05, 4.69) is 35.3 Å².